The van der Waals surface area contributed by atoms with Crippen LogP contribution < -0.4 is 0 Å². The number of benzene rings is 2. The summed E-state index contributed by atoms with van der Waals surface area (Å²) in [5.74, 6) is 0. The van der Waals surface area contributed by atoms with Crippen LogP contribution in [0.2, 0.25) is 0 Å². The lowest BCUT2D eigenvalue weighted by Gasteiger charge is -2.07. The second kappa shape index (κ2) is 4.05. The SMILES string of the molecule is CCCc1ccc2ccccc2c1S. The van der Waals surface area contributed by atoms with Gasteiger partial charge in [0.25, 0.3) is 0 Å². The van der Waals surface area contributed by atoms with E-state index < -0.39 is 0 Å². The maximum absolute atomic E-state index is 4.60. The molecule has 2 aromatic carbocycles. The van der Waals surface area contributed by atoms with Gasteiger partial charge in [-0.25, -0.2) is 0 Å². The van der Waals surface area contributed by atoms with Crippen molar-refractivity contribution in [2.24, 2.45) is 0 Å². The van der Waals surface area contributed by atoms with Gasteiger partial charge in [0.2, 0.25) is 0 Å². The standard InChI is InChI=1S/C13H14S/c1-2-5-11-9-8-10-6-3-4-7-12(10)13(11)14/h3-4,6-9,14H,2,5H2,1H3. The lowest BCUT2D eigenvalue weighted by atomic mass is 10.0. The van der Waals surface area contributed by atoms with E-state index in [1.54, 1.807) is 0 Å². The molecule has 0 saturated heterocycles. The van der Waals surface area contributed by atoms with Crippen LogP contribution in [0.3, 0.4) is 0 Å². The first kappa shape index (κ1) is 9.60. The molecule has 0 atom stereocenters. The van der Waals surface area contributed by atoms with Gasteiger partial charge in [0.05, 0.1) is 0 Å². The number of fused-ring (bicyclic) bond motifs is 1. The molecule has 14 heavy (non-hydrogen) atoms. The Bertz CT molecular complexity index is 446. The molecule has 0 aliphatic heterocycles. The highest BCUT2D eigenvalue weighted by molar-refractivity contribution is 7.80. The predicted molar refractivity (Wildman–Crippen MR) is 65.2 cm³/mol. The van der Waals surface area contributed by atoms with Gasteiger partial charge in [-0.1, -0.05) is 49.7 Å². The number of rotatable bonds is 2. The Morgan fingerprint density at radius 1 is 1.07 bits per heavy atom. The summed E-state index contributed by atoms with van der Waals surface area (Å²) in [5, 5.41) is 2.54. The lowest BCUT2D eigenvalue weighted by molar-refractivity contribution is 0.906. The van der Waals surface area contributed by atoms with Gasteiger partial charge < -0.3 is 0 Å². The molecule has 0 heterocycles. The van der Waals surface area contributed by atoms with Gasteiger partial charge in [0, 0.05) is 4.90 Å². The number of aryl methyl sites for hydroxylation is 1. The van der Waals surface area contributed by atoms with Gasteiger partial charge in [-0.3, -0.25) is 0 Å². The maximum Gasteiger partial charge on any atom is 0.0151 e. The minimum Gasteiger partial charge on any atom is -0.143 e. The van der Waals surface area contributed by atoms with Crippen molar-refractivity contribution >= 4 is 23.4 Å². The lowest BCUT2D eigenvalue weighted by Crippen LogP contribution is -1.86. The Kier molecular flexibility index (Phi) is 2.78. The molecule has 0 amide bonds. The predicted octanol–water partition coefficient (Wildman–Crippen LogP) is 4.08. The second-order valence-corrected chi connectivity index (χ2v) is 3.99. The fourth-order valence-electron chi connectivity index (χ4n) is 1.77. The highest BCUT2D eigenvalue weighted by Crippen LogP contribution is 2.26. The minimum atomic E-state index is 1.11. The molecule has 1 heteroatoms. The zero-order chi connectivity index (χ0) is 9.97. The van der Waals surface area contributed by atoms with Crippen LogP contribution in [-0.4, -0.2) is 0 Å². The van der Waals surface area contributed by atoms with Crippen molar-refractivity contribution < 1.29 is 0 Å². The zero-order valence-corrected chi connectivity index (χ0v) is 9.22. The molecule has 72 valence electrons. The maximum atomic E-state index is 4.60. The summed E-state index contributed by atoms with van der Waals surface area (Å²) in [7, 11) is 0. The third-order valence-electron chi connectivity index (χ3n) is 2.50. The van der Waals surface area contributed by atoms with Crippen LogP contribution in [0.1, 0.15) is 18.9 Å². The Balaban J connectivity index is 2.63. The molecule has 0 nitrogen and oxygen atoms in total. The van der Waals surface area contributed by atoms with Gasteiger partial charge in [0.15, 0.2) is 0 Å². The normalized spacial score (nSPS) is 10.7. The van der Waals surface area contributed by atoms with E-state index in [0.717, 1.165) is 11.3 Å². The van der Waals surface area contributed by atoms with Gasteiger partial charge in [-0.2, -0.15) is 0 Å². The molecule has 0 bridgehead atoms. The first-order chi connectivity index (χ1) is 6.83. The van der Waals surface area contributed by atoms with Crippen LogP contribution in [-0.2, 0) is 6.42 Å². The summed E-state index contributed by atoms with van der Waals surface area (Å²) in [6.45, 7) is 2.20. The van der Waals surface area contributed by atoms with E-state index >= 15 is 0 Å². The zero-order valence-electron chi connectivity index (χ0n) is 8.33. The summed E-state index contributed by atoms with van der Waals surface area (Å²) in [5.41, 5.74) is 1.36. The van der Waals surface area contributed by atoms with Crippen LogP contribution in [0.5, 0.6) is 0 Å². The Labute approximate surface area is 90.4 Å². The highest BCUT2D eigenvalue weighted by Gasteiger charge is 2.02. The third-order valence-corrected chi connectivity index (χ3v) is 3.03. The molecule has 0 spiro atoms. The summed E-state index contributed by atoms with van der Waals surface area (Å²) >= 11 is 4.60. The molecule has 2 aromatic rings. The van der Waals surface area contributed by atoms with E-state index in [4.69, 9.17) is 0 Å². The van der Waals surface area contributed by atoms with Crippen molar-refractivity contribution in [3.05, 3.63) is 42.0 Å². The van der Waals surface area contributed by atoms with Crippen LogP contribution in [0.4, 0.5) is 0 Å². The Morgan fingerprint density at radius 2 is 1.86 bits per heavy atom. The van der Waals surface area contributed by atoms with Crippen molar-refractivity contribution in [3.8, 4) is 0 Å². The number of hydrogen-bond donors (Lipinski definition) is 1. The first-order valence-electron chi connectivity index (χ1n) is 5.02. The van der Waals surface area contributed by atoms with Gasteiger partial charge in [-0.05, 0) is 22.8 Å². The molecular weight excluding hydrogens is 188 g/mol. The Hall–Kier alpha value is -0.950. The fourth-order valence-corrected chi connectivity index (χ4v) is 2.16. The van der Waals surface area contributed by atoms with Crippen LogP contribution >= 0.6 is 12.6 Å². The summed E-state index contributed by atoms with van der Waals surface area (Å²) < 4.78 is 0. The smallest absolute Gasteiger partial charge is 0.0151 e. The minimum absolute atomic E-state index is 1.11. The third kappa shape index (κ3) is 1.64. The average molecular weight is 202 g/mol. The van der Waals surface area contributed by atoms with E-state index in [0.29, 0.717) is 0 Å². The van der Waals surface area contributed by atoms with Crippen LogP contribution in [0.15, 0.2) is 41.3 Å². The van der Waals surface area contributed by atoms with Crippen molar-refractivity contribution in [1.29, 1.82) is 0 Å². The van der Waals surface area contributed by atoms with Crippen LogP contribution in [0.25, 0.3) is 10.8 Å². The molecule has 0 unspecified atom stereocenters. The molecule has 0 N–H and O–H groups in total. The number of thiol groups is 1. The van der Waals surface area contributed by atoms with E-state index in [-0.39, 0.29) is 0 Å². The molecule has 0 radical (unpaired) electrons. The molecular formula is C13H14S. The molecule has 0 fully saturated rings. The largest absolute Gasteiger partial charge is 0.143 e. The topological polar surface area (TPSA) is 0 Å². The second-order valence-electron chi connectivity index (χ2n) is 3.54. The average Bonchev–Trinajstić information content (AvgIpc) is 2.23. The summed E-state index contributed by atoms with van der Waals surface area (Å²) in [6, 6.07) is 12.8. The van der Waals surface area contributed by atoms with Gasteiger partial charge in [0.1, 0.15) is 0 Å². The molecule has 0 aliphatic carbocycles. The first-order valence-corrected chi connectivity index (χ1v) is 5.47. The van der Waals surface area contributed by atoms with E-state index in [1.807, 2.05) is 0 Å². The summed E-state index contributed by atoms with van der Waals surface area (Å²) in [6.07, 6.45) is 2.29. The number of hydrogen-bond acceptors (Lipinski definition) is 1. The van der Waals surface area contributed by atoms with Gasteiger partial charge >= 0.3 is 0 Å². The quantitative estimate of drug-likeness (QED) is 0.697. The monoisotopic (exact) mass is 202 g/mol. The molecule has 0 aliphatic rings. The molecule has 0 aromatic heterocycles. The van der Waals surface area contributed by atoms with E-state index in [9.17, 15) is 0 Å². The van der Waals surface area contributed by atoms with E-state index in [2.05, 4.69) is 56.0 Å². The van der Waals surface area contributed by atoms with Crippen molar-refractivity contribution in [1.82, 2.24) is 0 Å². The fraction of sp³-hybridized carbons (Fsp3) is 0.231. The highest BCUT2D eigenvalue weighted by atomic mass is 32.1. The van der Waals surface area contributed by atoms with Crippen molar-refractivity contribution in [3.63, 3.8) is 0 Å². The van der Waals surface area contributed by atoms with Crippen molar-refractivity contribution in [2.75, 3.05) is 0 Å². The van der Waals surface area contributed by atoms with Gasteiger partial charge in [-0.15, -0.1) is 12.6 Å². The molecule has 0 saturated carbocycles. The van der Waals surface area contributed by atoms with Crippen molar-refractivity contribution in [2.45, 2.75) is 24.7 Å². The Morgan fingerprint density at radius 3 is 2.64 bits per heavy atom. The van der Waals surface area contributed by atoms with E-state index in [1.165, 1.54) is 22.8 Å². The summed E-state index contributed by atoms with van der Waals surface area (Å²) in [4.78, 5) is 1.14. The molecule has 2 rings (SSSR count). The van der Waals surface area contributed by atoms with Crippen LogP contribution in [0, 0.1) is 0 Å².